The van der Waals surface area contributed by atoms with Gasteiger partial charge in [0.2, 0.25) is 0 Å². The van der Waals surface area contributed by atoms with Crippen LogP contribution in [0.4, 0.5) is 0 Å². The predicted molar refractivity (Wildman–Crippen MR) is 84.1 cm³/mol. The summed E-state index contributed by atoms with van der Waals surface area (Å²) >= 11 is 0. The molecule has 0 radical (unpaired) electrons. The number of hydrogen-bond acceptors (Lipinski definition) is 3. The number of rotatable bonds is 7. The van der Waals surface area contributed by atoms with Crippen molar-refractivity contribution in [3.8, 4) is 0 Å². The summed E-state index contributed by atoms with van der Waals surface area (Å²) in [4.78, 5) is 2.46. The maximum atomic E-state index is 5.82. The van der Waals surface area contributed by atoms with Crippen LogP contribution in [0.15, 0.2) is 30.3 Å². The average Bonchev–Trinajstić information content (AvgIpc) is 2.52. The van der Waals surface area contributed by atoms with E-state index in [-0.39, 0.29) is 0 Å². The van der Waals surface area contributed by atoms with Gasteiger partial charge in [-0.15, -0.1) is 0 Å². The highest BCUT2D eigenvalue weighted by molar-refractivity contribution is 5.14. The monoisotopic (exact) mass is 276 g/mol. The molecule has 0 bridgehead atoms. The number of hydrogen-bond donors (Lipinski definition) is 1. The molecule has 0 aromatic heterocycles. The molecule has 0 amide bonds. The zero-order valence-corrected chi connectivity index (χ0v) is 12.8. The first-order valence-corrected chi connectivity index (χ1v) is 7.89. The van der Waals surface area contributed by atoms with Gasteiger partial charge in [-0.05, 0) is 31.9 Å². The predicted octanol–water partition coefficient (Wildman–Crippen LogP) is 2.32. The molecule has 0 aliphatic carbocycles. The molecular weight excluding hydrogens is 248 g/mol. The topological polar surface area (TPSA) is 24.5 Å². The van der Waals surface area contributed by atoms with Gasteiger partial charge in [-0.1, -0.05) is 37.3 Å². The molecule has 2 rings (SSSR count). The fourth-order valence-corrected chi connectivity index (χ4v) is 2.65. The van der Waals surface area contributed by atoms with Crippen LogP contribution in [0.5, 0.6) is 0 Å². The smallest absolute Gasteiger partial charge is 0.0826 e. The lowest BCUT2D eigenvalue weighted by Crippen LogP contribution is -2.47. The number of benzene rings is 1. The van der Waals surface area contributed by atoms with Crippen LogP contribution in [0.1, 0.15) is 25.8 Å². The molecule has 1 aliphatic heterocycles. The Morgan fingerprint density at radius 3 is 2.90 bits per heavy atom. The van der Waals surface area contributed by atoms with Gasteiger partial charge in [0.15, 0.2) is 0 Å². The van der Waals surface area contributed by atoms with Crippen molar-refractivity contribution < 1.29 is 4.74 Å². The van der Waals surface area contributed by atoms with Gasteiger partial charge in [-0.2, -0.15) is 0 Å². The van der Waals surface area contributed by atoms with E-state index in [1.165, 1.54) is 12.0 Å². The third-order valence-electron chi connectivity index (χ3n) is 4.07. The number of likely N-dealkylation sites (N-methyl/N-ethyl adjacent to an activating group) is 1. The first-order chi connectivity index (χ1) is 9.78. The molecule has 1 N–H and O–H groups in total. The molecule has 2 unspecified atom stereocenters. The Kier molecular flexibility index (Phi) is 6.51. The van der Waals surface area contributed by atoms with E-state index in [1.807, 2.05) is 0 Å². The maximum Gasteiger partial charge on any atom is 0.0826 e. The highest BCUT2D eigenvalue weighted by Gasteiger charge is 2.19. The van der Waals surface area contributed by atoms with Crippen LogP contribution in [-0.4, -0.2) is 49.8 Å². The third-order valence-corrected chi connectivity index (χ3v) is 4.07. The van der Waals surface area contributed by atoms with Gasteiger partial charge < -0.3 is 10.1 Å². The van der Waals surface area contributed by atoms with E-state index >= 15 is 0 Å². The van der Waals surface area contributed by atoms with Crippen molar-refractivity contribution >= 4 is 0 Å². The quantitative estimate of drug-likeness (QED) is 0.827. The Morgan fingerprint density at radius 1 is 1.35 bits per heavy atom. The molecule has 2 atom stereocenters. The van der Waals surface area contributed by atoms with Crippen LogP contribution in [0, 0.1) is 0 Å². The molecule has 1 aromatic rings. The lowest BCUT2D eigenvalue weighted by Gasteiger charge is -2.32. The molecule has 3 heteroatoms. The molecule has 3 nitrogen and oxygen atoms in total. The Morgan fingerprint density at radius 2 is 2.15 bits per heavy atom. The van der Waals surface area contributed by atoms with Crippen molar-refractivity contribution in [3.63, 3.8) is 0 Å². The minimum atomic E-state index is 0.350. The number of ether oxygens (including phenoxy) is 1. The number of nitrogens with one attached hydrogen (secondary N) is 1. The molecule has 20 heavy (non-hydrogen) atoms. The van der Waals surface area contributed by atoms with Crippen LogP contribution >= 0.6 is 0 Å². The van der Waals surface area contributed by atoms with E-state index in [2.05, 4.69) is 54.4 Å². The van der Waals surface area contributed by atoms with Gasteiger partial charge in [0.1, 0.15) is 0 Å². The fraction of sp³-hybridized carbons (Fsp3) is 0.647. The number of nitrogens with zero attached hydrogens (tertiary/aromatic N) is 1. The van der Waals surface area contributed by atoms with Crippen LogP contribution in [0.2, 0.25) is 0 Å². The van der Waals surface area contributed by atoms with E-state index in [1.54, 1.807) is 0 Å². The second-order valence-corrected chi connectivity index (χ2v) is 5.72. The largest absolute Gasteiger partial charge is 0.374 e. The van der Waals surface area contributed by atoms with Gasteiger partial charge in [-0.3, -0.25) is 4.90 Å². The molecule has 1 aliphatic rings. The standard InChI is InChI=1S/C17H28N2O/c1-3-19-11-12-20-17(14-19)13-18-15(2)9-10-16-7-5-4-6-8-16/h4-8,15,17-18H,3,9-14H2,1-2H3. The molecule has 1 heterocycles. The van der Waals surface area contributed by atoms with E-state index in [9.17, 15) is 0 Å². The zero-order valence-electron chi connectivity index (χ0n) is 12.8. The molecule has 0 spiro atoms. The van der Waals surface area contributed by atoms with Crippen molar-refractivity contribution in [2.75, 3.05) is 32.8 Å². The SMILES string of the molecule is CCN1CCOC(CNC(C)CCc2ccccc2)C1. The molecule has 1 aromatic carbocycles. The van der Waals surface area contributed by atoms with E-state index < -0.39 is 0 Å². The summed E-state index contributed by atoms with van der Waals surface area (Å²) in [5.74, 6) is 0. The maximum absolute atomic E-state index is 5.82. The summed E-state index contributed by atoms with van der Waals surface area (Å²) in [5.41, 5.74) is 1.42. The molecular formula is C17H28N2O. The van der Waals surface area contributed by atoms with Crippen molar-refractivity contribution in [2.24, 2.45) is 0 Å². The molecule has 1 fully saturated rings. The van der Waals surface area contributed by atoms with Crippen molar-refractivity contribution in [1.82, 2.24) is 10.2 Å². The second-order valence-electron chi connectivity index (χ2n) is 5.72. The summed E-state index contributed by atoms with van der Waals surface area (Å²) in [7, 11) is 0. The highest BCUT2D eigenvalue weighted by Crippen LogP contribution is 2.07. The summed E-state index contributed by atoms with van der Waals surface area (Å²) < 4.78 is 5.82. The lowest BCUT2D eigenvalue weighted by molar-refractivity contribution is -0.0262. The van der Waals surface area contributed by atoms with Crippen LogP contribution in [0.25, 0.3) is 0 Å². The molecule has 112 valence electrons. The Bertz CT molecular complexity index is 369. The van der Waals surface area contributed by atoms with Crippen molar-refractivity contribution in [1.29, 1.82) is 0 Å². The zero-order chi connectivity index (χ0) is 14.2. The normalized spacial score (nSPS) is 21.8. The second kappa shape index (κ2) is 8.40. The Labute approximate surface area is 123 Å². The van der Waals surface area contributed by atoms with Crippen LogP contribution in [0.3, 0.4) is 0 Å². The number of aryl methyl sites for hydroxylation is 1. The first kappa shape index (κ1) is 15.5. The number of morpholine rings is 1. The molecule has 0 saturated carbocycles. The van der Waals surface area contributed by atoms with Gasteiger partial charge >= 0.3 is 0 Å². The van der Waals surface area contributed by atoms with E-state index in [0.717, 1.165) is 39.2 Å². The lowest BCUT2D eigenvalue weighted by atomic mass is 10.1. The first-order valence-electron chi connectivity index (χ1n) is 7.89. The summed E-state index contributed by atoms with van der Waals surface area (Å²) in [6, 6.07) is 11.2. The van der Waals surface area contributed by atoms with Gasteiger partial charge in [0.05, 0.1) is 12.7 Å². The Hall–Kier alpha value is -0.900. The summed E-state index contributed by atoms with van der Waals surface area (Å²) in [5, 5.41) is 3.62. The van der Waals surface area contributed by atoms with Gasteiger partial charge in [0, 0.05) is 25.7 Å². The van der Waals surface area contributed by atoms with Gasteiger partial charge in [-0.25, -0.2) is 0 Å². The van der Waals surface area contributed by atoms with Crippen LogP contribution in [-0.2, 0) is 11.2 Å². The highest BCUT2D eigenvalue weighted by atomic mass is 16.5. The van der Waals surface area contributed by atoms with Gasteiger partial charge in [0.25, 0.3) is 0 Å². The van der Waals surface area contributed by atoms with Crippen molar-refractivity contribution in [3.05, 3.63) is 35.9 Å². The summed E-state index contributed by atoms with van der Waals surface area (Å²) in [6.07, 6.45) is 2.67. The van der Waals surface area contributed by atoms with E-state index in [0.29, 0.717) is 12.1 Å². The minimum Gasteiger partial charge on any atom is -0.374 e. The minimum absolute atomic E-state index is 0.350. The Balaban J connectivity index is 1.63. The third kappa shape index (κ3) is 5.23. The molecule has 1 saturated heterocycles. The van der Waals surface area contributed by atoms with Crippen LogP contribution < -0.4 is 5.32 Å². The van der Waals surface area contributed by atoms with Crippen molar-refractivity contribution in [2.45, 2.75) is 38.8 Å². The fourth-order valence-electron chi connectivity index (χ4n) is 2.65. The van der Waals surface area contributed by atoms with E-state index in [4.69, 9.17) is 4.74 Å². The summed E-state index contributed by atoms with van der Waals surface area (Å²) in [6.45, 7) is 9.60. The average molecular weight is 276 g/mol.